The highest BCUT2D eigenvalue weighted by Gasteiger charge is 2.10. The van der Waals surface area contributed by atoms with E-state index in [2.05, 4.69) is 21.7 Å². The van der Waals surface area contributed by atoms with E-state index < -0.39 is 0 Å². The van der Waals surface area contributed by atoms with E-state index in [1.54, 1.807) is 18.4 Å². The van der Waals surface area contributed by atoms with Crippen LogP contribution in [0.15, 0.2) is 24.3 Å². The molecule has 0 saturated heterocycles. The van der Waals surface area contributed by atoms with E-state index in [1.165, 1.54) is 4.70 Å². The van der Waals surface area contributed by atoms with Gasteiger partial charge in [0.1, 0.15) is 0 Å². The lowest BCUT2D eigenvalue weighted by atomic mass is 10.2. The van der Waals surface area contributed by atoms with Gasteiger partial charge < -0.3 is 10.6 Å². The van der Waals surface area contributed by atoms with Gasteiger partial charge in [0, 0.05) is 12.5 Å². The minimum atomic E-state index is 0. The Bertz CT molecular complexity index is 510. The molecule has 2 aromatic rings. The molecule has 0 aliphatic heterocycles. The van der Waals surface area contributed by atoms with Crippen molar-refractivity contribution in [2.45, 2.75) is 19.4 Å². The zero-order valence-electron chi connectivity index (χ0n) is 11.0. The Hall–Kier alpha value is -1.17. The Labute approximate surface area is 123 Å². The first-order valence-corrected chi connectivity index (χ1v) is 6.79. The predicted molar refractivity (Wildman–Crippen MR) is 82.1 cm³/mol. The number of nitrogens with one attached hydrogen (secondary N) is 2. The molecule has 0 fully saturated rings. The van der Waals surface area contributed by atoms with Crippen molar-refractivity contribution in [3.63, 3.8) is 0 Å². The zero-order valence-corrected chi connectivity index (χ0v) is 12.6. The summed E-state index contributed by atoms with van der Waals surface area (Å²) in [6.45, 7) is 2.35. The maximum Gasteiger partial charge on any atom is 0.234 e. The monoisotopic (exact) mass is 299 g/mol. The number of aromatic nitrogens is 1. The van der Waals surface area contributed by atoms with Gasteiger partial charge in [0.25, 0.3) is 0 Å². The van der Waals surface area contributed by atoms with Crippen molar-refractivity contribution < 1.29 is 4.79 Å². The molecule has 0 radical (unpaired) electrons. The summed E-state index contributed by atoms with van der Waals surface area (Å²) in [5.41, 5.74) is 1.03. The zero-order chi connectivity index (χ0) is 13.0. The lowest BCUT2D eigenvalue weighted by Crippen LogP contribution is -2.39. The van der Waals surface area contributed by atoms with Crippen LogP contribution < -0.4 is 10.6 Å². The third kappa shape index (κ3) is 4.45. The maximum absolute atomic E-state index is 11.4. The summed E-state index contributed by atoms with van der Waals surface area (Å²) in [7, 11) is 1.76. The van der Waals surface area contributed by atoms with Gasteiger partial charge >= 0.3 is 0 Å². The normalized spacial score (nSPS) is 11.9. The molecule has 0 bridgehead atoms. The topological polar surface area (TPSA) is 54.0 Å². The number of carbonyl (C=O) groups excluding carboxylic acids is 1. The van der Waals surface area contributed by atoms with Gasteiger partial charge in [0.15, 0.2) is 0 Å². The van der Waals surface area contributed by atoms with Gasteiger partial charge in [-0.25, -0.2) is 4.98 Å². The number of amides is 1. The Balaban J connectivity index is 0.00000180. The summed E-state index contributed by atoms with van der Waals surface area (Å²) in [6.07, 6.45) is 0.773. The first kappa shape index (κ1) is 15.9. The quantitative estimate of drug-likeness (QED) is 0.888. The summed E-state index contributed by atoms with van der Waals surface area (Å²) in [4.78, 5) is 16.0. The molecule has 1 atom stereocenters. The number of nitrogens with zero attached hydrogens (tertiary/aromatic N) is 1. The molecule has 0 aliphatic carbocycles. The van der Waals surface area contributed by atoms with Crippen LogP contribution in [0, 0.1) is 0 Å². The van der Waals surface area contributed by atoms with Crippen LogP contribution in [0.3, 0.4) is 0 Å². The number of carbonyl (C=O) groups is 1. The van der Waals surface area contributed by atoms with Crippen molar-refractivity contribution in [1.29, 1.82) is 0 Å². The number of likely N-dealkylation sites (N-methyl/N-ethyl adjacent to an activating group) is 1. The molecule has 1 aromatic carbocycles. The first-order valence-electron chi connectivity index (χ1n) is 5.97. The van der Waals surface area contributed by atoms with Crippen molar-refractivity contribution in [3.05, 3.63) is 29.3 Å². The van der Waals surface area contributed by atoms with Crippen LogP contribution in [0.2, 0.25) is 0 Å². The van der Waals surface area contributed by atoms with Crippen LogP contribution in [0.4, 0.5) is 0 Å². The fraction of sp³-hybridized carbons (Fsp3) is 0.385. The van der Waals surface area contributed by atoms with Crippen molar-refractivity contribution in [2.24, 2.45) is 0 Å². The molecular weight excluding hydrogens is 282 g/mol. The Kier molecular flexibility index (Phi) is 6.21. The molecule has 6 heteroatoms. The second kappa shape index (κ2) is 7.43. The molecule has 19 heavy (non-hydrogen) atoms. The second-order valence-electron chi connectivity index (χ2n) is 4.28. The summed E-state index contributed by atoms with van der Waals surface area (Å²) < 4.78 is 1.20. The van der Waals surface area contributed by atoms with Crippen LogP contribution in [-0.4, -0.2) is 30.5 Å². The highest BCUT2D eigenvalue weighted by atomic mass is 35.5. The van der Waals surface area contributed by atoms with Crippen LogP contribution in [0.25, 0.3) is 10.2 Å². The van der Waals surface area contributed by atoms with Gasteiger partial charge in [0.2, 0.25) is 5.91 Å². The van der Waals surface area contributed by atoms with E-state index in [9.17, 15) is 4.79 Å². The summed E-state index contributed by atoms with van der Waals surface area (Å²) >= 11 is 1.69. The third-order valence-corrected chi connectivity index (χ3v) is 3.62. The number of fused-ring (bicyclic) bond motifs is 1. The summed E-state index contributed by atoms with van der Waals surface area (Å²) in [5.74, 6) is 0.0195. The fourth-order valence-corrected chi connectivity index (χ4v) is 2.90. The van der Waals surface area contributed by atoms with E-state index in [0.717, 1.165) is 16.9 Å². The standard InChI is InChI=1S/C13H17N3OS.ClH/c1-9(15-12(17)8-14-2)7-13-16-10-5-3-4-6-11(10)18-13;/h3-6,9,14H,7-8H2,1-2H3,(H,15,17);1H. The predicted octanol–water partition coefficient (Wildman–Crippen LogP) is 1.98. The molecule has 1 amide bonds. The maximum atomic E-state index is 11.4. The molecule has 104 valence electrons. The van der Waals surface area contributed by atoms with Gasteiger partial charge in [-0.3, -0.25) is 4.79 Å². The molecule has 1 heterocycles. The van der Waals surface area contributed by atoms with Gasteiger partial charge in [-0.2, -0.15) is 0 Å². The van der Waals surface area contributed by atoms with Crippen LogP contribution in [0.1, 0.15) is 11.9 Å². The summed E-state index contributed by atoms with van der Waals surface area (Å²) in [6, 6.07) is 8.19. The van der Waals surface area contributed by atoms with Crippen LogP contribution in [0.5, 0.6) is 0 Å². The molecule has 0 saturated carbocycles. The number of benzene rings is 1. The highest BCUT2D eigenvalue weighted by Crippen LogP contribution is 2.22. The summed E-state index contributed by atoms with van der Waals surface area (Å²) in [5, 5.41) is 6.84. The van der Waals surface area contributed by atoms with Crippen molar-refractivity contribution in [1.82, 2.24) is 15.6 Å². The Morgan fingerprint density at radius 1 is 1.42 bits per heavy atom. The average molecular weight is 300 g/mol. The van der Waals surface area contributed by atoms with Crippen LogP contribution >= 0.6 is 23.7 Å². The minimum Gasteiger partial charge on any atom is -0.352 e. The highest BCUT2D eigenvalue weighted by molar-refractivity contribution is 7.18. The smallest absolute Gasteiger partial charge is 0.234 e. The number of hydrogen-bond donors (Lipinski definition) is 2. The van der Waals surface area contributed by atoms with E-state index in [4.69, 9.17) is 0 Å². The molecule has 0 spiro atoms. The Morgan fingerprint density at radius 3 is 2.84 bits per heavy atom. The van der Waals surface area contributed by atoms with Gasteiger partial charge in [-0.1, -0.05) is 12.1 Å². The number of thiazole rings is 1. The molecule has 0 aliphatic rings. The molecular formula is C13H18ClN3OS. The van der Waals surface area contributed by atoms with Crippen molar-refractivity contribution >= 4 is 39.9 Å². The largest absolute Gasteiger partial charge is 0.352 e. The molecule has 2 rings (SSSR count). The molecule has 4 nitrogen and oxygen atoms in total. The van der Waals surface area contributed by atoms with E-state index in [-0.39, 0.29) is 24.4 Å². The SMILES string of the molecule is CNCC(=O)NC(C)Cc1nc2ccccc2s1.Cl. The molecule has 1 aromatic heterocycles. The van der Waals surface area contributed by atoms with Gasteiger partial charge in [-0.15, -0.1) is 23.7 Å². The molecule has 1 unspecified atom stereocenters. The van der Waals surface area contributed by atoms with E-state index in [1.807, 2.05) is 25.1 Å². The first-order chi connectivity index (χ1) is 8.69. The Morgan fingerprint density at radius 2 is 2.16 bits per heavy atom. The fourth-order valence-electron chi connectivity index (χ4n) is 1.81. The average Bonchev–Trinajstić information content (AvgIpc) is 2.70. The number of halogens is 1. The minimum absolute atomic E-state index is 0. The van der Waals surface area contributed by atoms with Crippen molar-refractivity contribution in [3.8, 4) is 0 Å². The lowest BCUT2D eigenvalue weighted by molar-refractivity contribution is -0.120. The van der Waals surface area contributed by atoms with Crippen molar-refractivity contribution in [2.75, 3.05) is 13.6 Å². The van der Waals surface area contributed by atoms with E-state index >= 15 is 0 Å². The number of para-hydroxylation sites is 1. The lowest BCUT2D eigenvalue weighted by Gasteiger charge is -2.11. The number of hydrogen-bond acceptors (Lipinski definition) is 4. The molecule has 2 N–H and O–H groups in total. The van der Waals surface area contributed by atoms with Gasteiger partial charge in [-0.05, 0) is 26.1 Å². The second-order valence-corrected chi connectivity index (χ2v) is 5.39. The van der Waals surface area contributed by atoms with E-state index in [0.29, 0.717) is 6.54 Å². The van der Waals surface area contributed by atoms with Crippen LogP contribution in [-0.2, 0) is 11.2 Å². The third-order valence-electron chi connectivity index (χ3n) is 2.56. The number of rotatable bonds is 5. The van der Waals surface area contributed by atoms with Gasteiger partial charge in [0.05, 0.1) is 21.8 Å².